The number of halogens is 1. The molecule has 0 saturated carbocycles. The number of nitrogens with zero attached hydrogens (tertiary/aromatic N) is 1. The van der Waals surface area contributed by atoms with E-state index in [0.29, 0.717) is 31.0 Å². The van der Waals surface area contributed by atoms with Gasteiger partial charge >= 0.3 is 0 Å². The fourth-order valence-electron chi connectivity index (χ4n) is 2.74. The summed E-state index contributed by atoms with van der Waals surface area (Å²) >= 11 is 5.88. The van der Waals surface area contributed by atoms with Crippen LogP contribution in [0.1, 0.15) is 32.3 Å². The highest BCUT2D eigenvalue weighted by Gasteiger charge is 2.32. The minimum absolute atomic E-state index is 0.0921. The first-order chi connectivity index (χ1) is 11.3. The summed E-state index contributed by atoms with van der Waals surface area (Å²) in [6.07, 6.45) is 1.68. The Hall–Kier alpha value is -1.59. The summed E-state index contributed by atoms with van der Waals surface area (Å²) in [5.41, 5.74) is 0.465. The normalized spacial score (nSPS) is 18.6. The number of likely N-dealkylation sites (tertiary alicyclic amines) is 1. The molecule has 0 spiro atoms. The van der Waals surface area contributed by atoms with Crippen LogP contribution >= 0.6 is 11.6 Å². The molecule has 132 valence electrons. The van der Waals surface area contributed by atoms with Gasteiger partial charge in [0.25, 0.3) is 0 Å². The molecule has 0 aromatic heterocycles. The molecule has 0 bridgehead atoms. The lowest BCUT2D eigenvalue weighted by Gasteiger charge is -2.34. The number of carbonyl (C=O) groups is 2. The van der Waals surface area contributed by atoms with Gasteiger partial charge in [0.15, 0.2) is 0 Å². The van der Waals surface area contributed by atoms with Gasteiger partial charge in [-0.3, -0.25) is 9.59 Å². The number of carbonyl (C=O) groups excluding carboxylic acids is 2. The van der Waals surface area contributed by atoms with Crippen LogP contribution in [0.2, 0.25) is 5.02 Å². The molecule has 1 saturated heterocycles. The maximum absolute atomic E-state index is 12.4. The third-order valence-electron chi connectivity index (χ3n) is 4.31. The summed E-state index contributed by atoms with van der Waals surface area (Å²) in [6, 6.07) is 7.57. The second-order valence-electron chi connectivity index (χ2n) is 6.98. The number of piperidine rings is 1. The summed E-state index contributed by atoms with van der Waals surface area (Å²) in [5.74, 6) is -0.230. The second kappa shape index (κ2) is 7.99. The summed E-state index contributed by atoms with van der Waals surface area (Å²) in [6.45, 7) is 4.45. The molecule has 1 aliphatic heterocycles. The van der Waals surface area contributed by atoms with Gasteiger partial charge in [0.1, 0.15) is 0 Å². The van der Waals surface area contributed by atoms with Crippen molar-refractivity contribution in [2.24, 2.45) is 5.92 Å². The first-order valence-corrected chi connectivity index (χ1v) is 8.63. The SMILES string of the molecule is CC(C)(CO)NC(=O)C1CCC(=O)N(CCc2ccc(Cl)cc2)C1. The van der Waals surface area contributed by atoms with Crippen LogP contribution in [-0.4, -0.2) is 47.1 Å². The average molecular weight is 353 g/mol. The number of amides is 2. The van der Waals surface area contributed by atoms with Gasteiger partial charge < -0.3 is 15.3 Å². The van der Waals surface area contributed by atoms with Crippen molar-refractivity contribution in [3.63, 3.8) is 0 Å². The van der Waals surface area contributed by atoms with Crippen LogP contribution in [0.15, 0.2) is 24.3 Å². The minimum Gasteiger partial charge on any atom is -0.394 e. The second-order valence-corrected chi connectivity index (χ2v) is 7.42. The van der Waals surface area contributed by atoms with E-state index in [1.807, 2.05) is 24.3 Å². The molecule has 5 nitrogen and oxygen atoms in total. The zero-order chi connectivity index (χ0) is 17.7. The number of nitrogens with one attached hydrogen (secondary N) is 1. The smallest absolute Gasteiger partial charge is 0.225 e. The van der Waals surface area contributed by atoms with Gasteiger partial charge in [0.05, 0.1) is 18.1 Å². The Morgan fingerprint density at radius 3 is 2.67 bits per heavy atom. The van der Waals surface area contributed by atoms with Gasteiger partial charge in [-0.15, -0.1) is 0 Å². The quantitative estimate of drug-likeness (QED) is 0.822. The predicted molar refractivity (Wildman–Crippen MR) is 93.8 cm³/mol. The van der Waals surface area contributed by atoms with E-state index in [1.54, 1.807) is 18.7 Å². The number of benzene rings is 1. The van der Waals surface area contributed by atoms with Crippen molar-refractivity contribution in [3.8, 4) is 0 Å². The van der Waals surface area contributed by atoms with Crippen molar-refractivity contribution in [1.82, 2.24) is 10.2 Å². The van der Waals surface area contributed by atoms with Crippen LogP contribution in [0.4, 0.5) is 0 Å². The number of rotatable bonds is 6. The summed E-state index contributed by atoms with van der Waals surface area (Å²) in [4.78, 5) is 26.2. The third kappa shape index (κ3) is 5.21. The van der Waals surface area contributed by atoms with Crippen LogP contribution in [0.5, 0.6) is 0 Å². The molecule has 1 aliphatic rings. The van der Waals surface area contributed by atoms with Crippen molar-refractivity contribution in [1.29, 1.82) is 0 Å². The highest BCUT2D eigenvalue weighted by Crippen LogP contribution is 2.20. The largest absolute Gasteiger partial charge is 0.394 e. The van der Waals surface area contributed by atoms with E-state index in [0.717, 1.165) is 12.0 Å². The molecular formula is C18H25ClN2O3. The molecule has 1 aromatic carbocycles. The predicted octanol–water partition coefficient (Wildman–Crippen LogP) is 2.01. The number of aliphatic hydroxyl groups excluding tert-OH is 1. The Morgan fingerprint density at radius 2 is 2.04 bits per heavy atom. The van der Waals surface area contributed by atoms with E-state index in [9.17, 15) is 14.7 Å². The van der Waals surface area contributed by atoms with Crippen LogP contribution < -0.4 is 5.32 Å². The Labute approximate surface area is 148 Å². The highest BCUT2D eigenvalue weighted by molar-refractivity contribution is 6.30. The Morgan fingerprint density at radius 1 is 1.38 bits per heavy atom. The topological polar surface area (TPSA) is 69.6 Å². The molecular weight excluding hydrogens is 328 g/mol. The molecule has 0 aliphatic carbocycles. The lowest BCUT2D eigenvalue weighted by Crippen LogP contribution is -2.52. The van der Waals surface area contributed by atoms with Gasteiger partial charge in [-0.2, -0.15) is 0 Å². The summed E-state index contributed by atoms with van der Waals surface area (Å²) < 4.78 is 0. The van der Waals surface area contributed by atoms with Gasteiger partial charge in [0, 0.05) is 24.5 Å². The van der Waals surface area contributed by atoms with E-state index in [4.69, 9.17) is 11.6 Å². The number of hydrogen-bond acceptors (Lipinski definition) is 3. The van der Waals surface area contributed by atoms with Crippen LogP contribution in [0, 0.1) is 5.92 Å². The summed E-state index contributed by atoms with van der Waals surface area (Å²) in [5, 5.41) is 12.8. The standard InChI is InChI=1S/C18H25ClN2O3/c1-18(2,12-22)20-17(24)14-5-8-16(23)21(11-14)10-9-13-3-6-15(19)7-4-13/h3-4,6-7,14,22H,5,8-12H2,1-2H3,(H,20,24). The van der Waals surface area contributed by atoms with Gasteiger partial charge in [0.2, 0.25) is 11.8 Å². The molecule has 2 N–H and O–H groups in total. The number of hydrogen-bond donors (Lipinski definition) is 2. The van der Waals surface area contributed by atoms with E-state index < -0.39 is 5.54 Å². The molecule has 6 heteroatoms. The zero-order valence-electron chi connectivity index (χ0n) is 14.2. The Balaban J connectivity index is 1.91. The van der Waals surface area contributed by atoms with E-state index >= 15 is 0 Å². The van der Waals surface area contributed by atoms with E-state index in [-0.39, 0.29) is 24.3 Å². The van der Waals surface area contributed by atoms with Crippen molar-refractivity contribution in [3.05, 3.63) is 34.9 Å². The monoisotopic (exact) mass is 352 g/mol. The van der Waals surface area contributed by atoms with E-state index in [1.165, 1.54) is 0 Å². The van der Waals surface area contributed by atoms with Crippen LogP contribution in [-0.2, 0) is 16.0 Å². The molecule has 24 heavy (non-hydrogen) atoms. The fraction of sp³-hybridized carbons (Fsp3) is 0.556. The molecule has 2 amide bonds. The third-order valence-corrected chi connectivity index (χ3v) is 4.56. The highest BCUT2D eigenvalue weighted by atomic mass is 35.5. The fourth-order valence-corrected chi connectivity index (χ4v) is 2.86. The molecule has 1 heterocycles. The van der Waals surface area contributed by atoms with Crippen molar-refractivity contribution >= 4 is 23.4 Å². The molecule has 1 atom stereocenters. The Bertz CT molecular complexity index is 586. The van der Waals surface area contributed by atoms with Gasteiger partial charge in [-0.25, -0.2) is 0 Å². The molecule has 1 aromatic rings. The molecule has 0 radical (unpaired) electrons. The molecule has 1 unspecified atom stereocenters. The lowest BCUT2D eigenvalue weighted by atomic mass is 9.94. The zero-order valence-corrected chi connectivity index (χ0v) is 15.0. The van der Waals surface area contributed by atoms with Crippen molar-refractivity contribution in [2.75, 3.05) is 19.7 Å². The minimum atomic E-state index is -0.646. The Kier molecular flexibility index (Phi) is 6.24. The van der Waals surface area contributed by atoms with Crippen molar-refractivity contribution in [2.45, 2.75) is 38.6 Å². The maximum Gasteiger partial charge on any atom is 0.225 e. The first kappa shape index (κ1) is 18.7. The van der Waals surface area contributed by atoms with Gasteiger partial charge in [-0.1, -0.05) is 23.7 Å². The molecule has 1 fully saturated rings. The molecule has 2 rings (SSSR count). The number of aliphatic hydroxyl groups is 1. The van der Waals surface area contributed by atoms with E-state index in [2.05, 4.69) is 5.32 Å². The van der Waals surface area contributed by atoms with Crippen LogP contribution in [0.25, 0.3) is 0 Å². The first-order valence-electron chi connectivity index (χ1n) is 8.26. The van der Waals surface area contributed by atoms with Crippen molar-refractivity contribution < 1.29 is 14.7 Å². The average Bonchev–Trinajstić information content (AvgIpc) is 2.55. The van der Waals surface area contributed by atoms with Crippen LogP contribution in [0.3, 0.4) is 0 Å². The lowest BCUT2D eigenvalue weighted by molar-refractivity contribution is -0.138. The summed E-state index contributed by atoms with van der Waals surface area (Å²) in [7, 11) is 0. The van der Waals surface area contributed by atoms with Gasteiger partial charge in [-0.05, 0) is 44.4 Å². The maximum atomic E-state index is 12.4.